The molecule has 0 atom stereocenters. The van der Waals surface area contributed by atoms with E-state index < -0.39 is 0 Å². The fraction of sp³-hybridized carbons (Fsp3) is 0.611. The van der Waals surface area contributed by atoms with Gasteiger partial charge in [-0.1, -0.05) is 29.8 Å². The van der Waals surface area contributed by atoms with Crippen LogP contribution in [-0.2, 0) is 10.5 Å². The zero-order valence-corrected chi connectivity index (χ0v) is 14.6. The lowest BCUT2D eigenvalue weighted by Gasteiger charge is -2.28. The summed E-state index contributed by atoms with van der Waals surface area (Å²) in [4.78, 5) is 14.4. The monoisotopic (exact) mass is 320 g/mol. The van der Waals surface area contributed by atoms with Gasteiger partial charge in [0.15, 0.2) is 0 Å². The van der Waals surface area contributed by atoms with Crippen molar-refractivity contribution in [2.24, 2.45) is 5.92 Å². The molecule has 0 aromatic heterocycles. The van der Waals surface area contributed by atoms with Gasteiger partial charge < -0.3 is 10.2 Å². The first-order valence-corrected chi connectivity index (χ1v) is 9.40. The molecule has 1 aromatic rings. The van der Waals surface area contributed by atoms with Crippen LogP contribution in [0.1, 0.15) is 30.4 Å². The van der Waals surface area contributed by atoms with Crippen molar-refractivity contribution >= 4 is 17.7 Å². The molecule has 2 rings (SSSR count). The van der Waals surface area contributed by atoms with E-state index in [1.807, 2.05) is 11.8 Å². The summed E-state index contributed by atoms with van der Waals surface area (Å²) in [6.45, 7) is 5.02. The average Bonchev–Trinajstić information content (AvgIpc) is 2.53. The summed E-state index contributed by atoms with van der Waals surface area (Å²) in [5.41, 5.74) is 2.69. The maximum absolute atomic E-state index is 12.1. The Kier molecular flexibility index (Phi) is 7.26. The third-order valence-electron chi connectivity index (χ3n) is 4.24. The van der Waals surface area contributed by atoms with Crippen molar-refractivity contribution in [1.29, 1.82) is 0 Å². The van der Waals surface area contributed by atoms with Crippen molar-refractivity contribution in [3.8, 4) is 0 Å². The molecule has 1 saturated heterocycles. The summed E-state index contributed by atoms with van der Waals surface area (Å²) in [6, 6.07) is 8.73. The zero-order valence-electron chi connectivity index (χ0n) is 13.8. The summed E-state index contributed by atoms with van der Waals surface area (Å²) in [5.74, 6) is 2.65. The number of thioether (sulfide) groups is 1. The second kappa shape index (κ2) is 9.21. The highest BCUT2D eigenvalue weighted by Gasteiger charge is 2.22. The molecule has 0 aliphatic carbocycles. The Morgan fingerprint density at radius 3 is 2.64 bits per heavy atom. The first kappa shape index (κ1) is 17.4. The van der Waals surface area contributed by atoms with Gasteiger partial charge in [0, 0.05) is 18.2 Å². The molecule has 0 unspecified atom stereocenters. The number of hydrogen-bond donors (Lipinski definition) is 1. The van der Waals surface area contributed by atoms with Gasteiger partial charge in [0.2, 0.25) is 5.91 Å². The number of piperidine rings is 1. The summed E-state index contributed by atoms with van der Waals surface area (Å²) < 4.78 is 0. The van der Waals surface area contributed by atoms with Gasteiger partial charge in [0.25, 0.3) is 0 Å². The maximum Gasteiger partial charge on any atom is 0.223 e. The lowest BCUT2D eigenvalue weighted by molar-refractivity contribution is -0.126. The van der Waals surface area contributed by atoms with E-state index in [9.17, 15) is 4.79 Å². The highest BCUT2D eigenvalue weighted by Crippen LogP contribution is 2.16. The van der Waals surface area contributed by atoms with E-state index in [0.29, 0.717) is 0 Å². The normalized spacial score (nSPS) is 16.6. The van der Waals surface area contributed by atoms with Crippen LogP contribution >= 0.6 is 11.8 Å². The maximum atomic E-state index is 12.1. The Balaban J connectivity index is 1.52. The Bertz CT molecular complexity index is 453. The third kappa shape index (κ3) is 6.01. The van der Waals surface area contributed by atoms with Crippen LogP contribution < -0.4 is 5.32 Å². The molecular weight excluding hydrogens is 292 g/mol. The molecule has 1 heterocycles. The highest BCUT2D eigenvalue weighted by atomic mass is 32.2. The van der Waals surface area contributed by atoms with Crippen LogP contribution in [0, 0.1) is 12.8 Å². The minimum Gasteiger partial charge on any atom is -0.356 e. The molecule has 1 N–H and O–H groups in total. The van der Waals surface area contributed by atoms with Crippen molar-refractivity contribution in [3.05, 3.63) is 35.4 Å². The number of carbonyl (C=O) groups is 1. The van der Waals surface area contributed by atoms with Gasteiger partial charge in [-0.05, 0) is 57.6 Å². The van der Waals surface area contributed by atoms with Gasteiger partial charge in [0.05, 0.1) is 0 Å². The van der Waals surface area contributed by atoms with Crippen molar-refractivity contribution in [2.75, 3.05) is 32.4 Å². The predicted molar refractivity (Wildman–Crippen MR) is 95.2 cm³/mol. The average molecular weight is 321 g/mol. The summed E-state index contributed by atoms with van der Waals surface area (Å²) in [7, 11) is 2.12. The van der Waals surface area contributed by atoms with Crippen LogP contribution in [0.25, 0.3) is 0 Å². The molecule has 0 spiro atoms. The molecule has 0 bridgehead atoms. The molecule has 4 heteroatoms. The third-order valence-corrected chi connectivity index (χ3v) is 5.36. The van der Waals surface area contributed by atoms with E-state index >= 15 is 0 Å². The van der Waals surface area contributed by atoms with Crippen LogP contribution in [0.3, 0.4) is 0 Å². The van der Waals surface area contributed by atoms with Crippen LogP contribution in [0.15, 0.2) is 24.3 Å². The standard InChI is InChI=1S/C18H28N2OS/c1-15-4-6-16(7-5-15)14-22-13-3-10-19-18(21)17-8-11-20(2)12-9-17/h4-7,17H,3,8-14H2,1-2H3,(H,19,21). The molecule has 1 aromatic carbocycles. The van der Waals surface area contributed by atoms with E-state index in [-0.39, 0.29) is 11.8 Å². The number of benzene rings is 1. The Labute approximate surface area is 138 Å². The molecule has 1 aliphatic rings. The lowest BCUT2D eigenvalue weighted by Crippen LogP contribution is -2.39. The predicted octanol–water partition coefficient (Wildman–Crippen LogP) is 3.08. The van der Waals surface area contributed by atoms with Gasteiger partial charge >= 0.3 is 0 Å². The van der Waals surface area contributed by atoms with Crippen molar-refractivity contribution in [3.63, 3.8) is 0 Å². The Morgan fingerprint density at radius 1 is 1.27 bits per heavy atom. The largest absolute Gasteiger partial charge is 0.356 e. The molecule has 22 heavy (non-hydrogen) atoms. The summed E-state index contributed by atoms with van der Waals surface area (Å²) >= 11 is 1.94. The first-order valence-electron chi connectivity index (χ1n) is 8.24. The SMILES string of the molecule is Cc1ccc(CSCCCNC(=O)C2CCN(C)CC2)cc1. The van der Waals surface area contributed by atoms with Crippen LogP contribution in [0.4, 0.5) is 0 Å². The summed E-state index contributed by atoms with van der Waals surface area (Å²) in [6.07, 6.45) is 3.06. The van der Waals surface area contributed by atoms with E-state index in [1.54, 1.807) is 0 Å². The van der Waals surface area contributed by atoms with Gasteiger partial charge in [-0.3, -0.25) is 4.79 Å². The second-order valence-electron chi connectivity index (χ2n) is 6.26. The molecule has 3 nitrogen and oxygen atoms in total. The van der Waals surface area contributed by atoms with Gasteiger partial charge in [-0.2, -0.15) is 11.8 Å². The molecule has 0 radical (unpaired) electrons. The van der Waals surface area contributed by atoms with Crippen LogP contribution in [-0.4, -0.2) is 43.2 Å². The van der Waals surface area contributed by atoms with Gasteiger partial charge in [-0.25, -0.2) is 0 Å². The Hall–Kier alpha value is -1.00. The fourth-order valence-electron chi connectivity index (χ4n) is 2.68. The van der Waals surface area contributed by atoms with Gasteiger partial charge in [-0.15, -0.1) is 0 Å². The van der Waals surface area contributed by atoms with Crippen LogP contribution in [0.5, 0.6) is 0 Å². The van der Waals surface area contributed by atoms with Gasteiger partial charge in [0.1, 0.15) is 0 Å². The first-order chi connectivity index (χ1) is 10.6. The molecule has 1 aliphatic heterocycles. The number of rotatable bonds is 7. The second-order valence-corrected chi connectivity index (χ2v) is 7.37. The van der Waals surface area contributed by atoms with Crippen LogP contribution in [0.2, 0.25) is 0 Å². The number of nitrogens with zero attached hydrogens (tertiary/aromatic N) is 1. The molecule has 0 saturated carbocycles. The number of carbonyl (C=O) groups excluding carboxylic acids is 1. The number of nitrogens with one attached hydrogen (secondary N) is 1. The minimum atomic E-state index is 0.233. The zero-order chi connectivity index (χ0) is 15.8. The highest BCUT2D eigenvalue weighted by molar-refractivity contribution is 7.98. The number of likely N-dealkylation sites (tertiary alicyclic amines) is 1. The summed E-state index contributed by atoms with van der Waals surface area (Å²) in [5, 5.41) is 3.10. The smallest absolute Gasteiger partial charge is 0.223 e. The molecule has 1 amide bonds. The molecule has 122 valence electrons. The van der Waals surface area contributed by atoms with E-state index in [1.165, 1.54) is 11.1 Å². The fourth-order valence-corrected chi connectivity index (χ4v) is 3.60. The lowest BCUT2D eigenvalue weighted by atomic mass is 9.96. The molecule has 1 fully saturated rings. The van der Waals surface area contributed by atoms with E-state index in [2.05, 4.69) is 48.5 Å². The quantitative estimate of drug-likeness (QED) is 0.784. The van der Waals surface area contributed by atoms with E-state index in [4.69, 9.17) is 0 Å². The number of hydrogen-bond acceptors (Lipinski definition) is 3. The molecular formula is C18H28N2OS. The van der Waals surface area contributed by atoms with Crippen molar-refractivity contribution in [2.45, 2.75) is 31.9 Å². The number of amides is 1. The number of aryl methyl sites for hydroxylation is 1. The van der Waals surface area contributed by atoms with Crippen molar-refractivity contribution < 1.29 is 4.79 Å². The van der Waals surface area contributed by atoms with E-state index in [0.717, 1.165) is 50.4 Å². The minimum absolute atomic E-state index is 0.233. The Morgan fingerprint density at radius 2 is 1.95 bits per heavy atom. The van der Waals surface area contributed by atoms with Crippen molar-refractivity contribution in [1.82, 2.24) is 10.2 Å². The topological polar surface area (TPSA) is 32.3 Å².